The van der Waals surface area contributed by atoms with Crippen molar-refractivity contribution in [1.82, 2.24) is 4.90 Å². The number of carbonyl (C=O) groups is 3. The smallest absolute Gasteiger partial charge is 0.254 e. The molecular weight excluding hydrogens is 300 g/mol. The Hall–Kier alpha value is -2.41. The number of Topliss-reactive ketones (excluding diaryl/α,β-unsaturated/α-hetero) is 1. The standard InChI is InChI=1S/C16H18N2O5/c17-15(22)16-12(20)9-23-13(16)7-8-18(16)14(21)6-3-10-1-4-11(19)5-2-10/h1-2,4-5,13,19H,3,6-9H2,(H2,17,22). The molecule has 1 aromatic rings. The van der Waals surface area contributed by atoms with Crippen molar-refractivity contribution in [2.45, 2.75) is 30.9 Å². The number of hydrogen-bond donors (Lipinski definition) is 2. The molecule has 0 bridgehead atoms. The molecule has 7 heteroatoms. The normalized spacial score (nSPS) is 26.3. The summed E-state index contributed by atoms with van der Waals surface area (Å²) in [7, 11) is 0. The highest BCUT2D eigenvalue weighted by molar-refractivity contribution is 6.15. The van der Waals surface area contributed by atoms with Gasteiger partial charge in [-0.05, 0) is 30.5 Å². The fraction of sp³-hybridized carbons (Fsp3) is 0.438. The van der Waals surface area contributed by atoms with Gasteiger partial charge >= 0.3 is 0 Å². The number of aryl methyl sites for hydroxylation is 1. The number of aromatic hydroxyl groups is 1. The first-order valence-corrected chi connectivity index (χ1v) is 7.49. The molecule has 2 fully saturated rings. The Labute approximate surface area is 133 Å². The molecule has 3 N–H and O–H groups in total. The predicted molar refractivity (Wildman–Crippen MR) is 79.4 cm³/mol. The number of rotatable bonds is 4. The van der Waals surface area contributed by atoms with Crippen molar-refractivity contribution in [2.24, 2.45) is 5.73 Å². The first-order chi connectivity index (χ1) is 11.0. The van der Waals surface area contributed by atoms with Crippen LogP contribution in [0.2, 0.25) is 0 Å². The van der Waals surface area contributed by atoms with Crippen molar-refractivity contribution in [2.75, 3.05) is 13.2 Å². The summed E-state index contributed by atoms with van der Waals surface area (Å²) in [5.41, 5.74) is 4.71. The van der Waals surface area contributed by atoms with Crippen LogP contribution in [0.1, 0.15) is 18.4 Å². The molecule has 2 aliphatic rings. The van der Waals surface area contributed by atoms with Gasteiger partial charge in [0, 0.05) is 13.0 Å². The van der Waals surface area contributed by atoms with Gasteiger partial charge in [0.25, 0.3) is 5.91 Å². The fourth-order valence-electron chi connectivity index (χ4n) is 3.43. The number of ketones is 1. The molecule has 2 unspecified atom stereocenters. The first-order valence-electron chi connectivity index (χ1n) is 7.49. The van der Waals surface area contributed by atoms with Gasteiger partial charge in [-0.25, -0.2) is 0 Å². The number of likely N-dealkylation sites (tertiary alicyclic amines) is 1. The average molecular weight is 318 g/mol. The van der Waals surface area contributed by atoms with E-state index in [1.165, 1.54) is 4.90 Å². The van der Waals surface area contributed by atoms with E-state index < -0.39 is 23.3 Å². The molecule has 2 heterocycles. The number of amides is 2. The van der Waals surface area contributed by atoms with Crippen molar-refractivity contribution in [3.05, 3.63) is 29.8 Å². The van der Waals surface area contributed by atoms with Gasteiger partial charge in [0.05, 0.1) is 6.10 Å². The molecule has 2 amide bonds. The lowest BCUT2D eigenvalue weighted by Gasteiger charge is -2.32. The quantitative estimate of drug-likeness (QED) is 0.744. The number of phenols is 1. The summed E-state index contributed by atoms with van der Waals surface area (Å²) in [6.07, 6.45) is 0.397. The van der Waals surface area contributed by atoms with Crippen molar-refractivity contribution in [1.29, 1.82) is 0 Å². The summed E-state index contributed by atoms with van der Waals surface area (Å²) in [6, 6.07) is 6.54. The third-order valence-electron chi connectivity index (χ3n) is 4.59. The molecular formula is C16H18N2O5. The average Bonchev–Trinajstić information content (AvgIpc) is 3.06. The molecule has 3 rings (SSSR count). The highest BCUT2D eigenvalue weighted by Crippen LogP contribution is 2.38. The number of primary amides is 1. The van der Waals surface area contributed by atoms with Crippen LogP contribution in [-0.4, -0.2) is 52.4 Å². The molecule has 0 aromatic heterocycles. The highest BCUT2D eigenvalue weighted by atomic mass is 16.5. The number of carbonyl (C=O) groups excluding carboxylic acids is 3. The molecule has 2 saturated heterocycles. The van der Waals surface area contributed by atoms with Crippen LogP contribution in [0.15, 0.2) is 24.3 Å². The van der Waals surface area contributed by atoms with E-state index in [2.05, 4.69) is 0 Å². The van der Waals surface area contributed by atoms with Crippen LogP contribution < -0.4 is 5.73 Å². The van der Waals surface area contributed by atoms with Crippen LogP contribution in [0, 0.1) is 0 Å². The fourth-order valence-corrected chi connectivity index (χ4v) is 3.43. The van der Waals surface area contributed by atoms with Crippen LogP contribution in [0.3, 0.4) is 0 Å². The lowest BCUT2D eigenvalue weighted by atomic mass is 9.89. The minimum atomic E-state index is -1.63. The molecule has 0 aliphatic carbocycles. The summed E-state index contributed by atoms with van der Waals surface area (Å²) in [5, 5.41) is 9.26. The van der Waals surface area contributed by atoms with Gasteiger partial charge in [0.1, 0.15) is 12.4 Å². The summed E-state index contributed by atoms with van der Waals surface area (Å²) in [6.45, 7) is 0.100. The number of hydrogen-bond acceptors (Lipinski definition) is 5. The highest BCUT2D eigenvalue weighted by Gasteiger charge is 2.64. The van der Waals surface area contributed by atoms with E-state index in [0.717, 1.165) is 5.56 Å². The minimum Gasteiger partial charge on any atom is -0.508 e. The molecule has 1 aromatic carbocycles. The maximum Gasteiger partial charge on any atom is 0.254 e. The van der Waals surface area contributed by atoms with Crippen LogP contribution in [0.25, 0.3) is 0 Å². The van der Waals surface area contributed by atoms with Crippen molar-refractivity contribution >= 4 is 17.6 Å². The molecule has 2 atom stereocenters. The molecule has 2 aliphatic heterocycles. The number of benzene rings is 1. The Balaban J connectivity index is 1.75. The first kappa shape index (κ1) is 15.5. The molecule has 0 saturated carbocycles. The predicted octanol–water partition coefficient (Wildman–Crippen LogP) is -0.251. The minimum absolute atomic E-state index is 0.153. The number of nitrogens with two attached hydrogens (primary N) is 1. The van der Waals surface area contributed by atoms with Gasteiger partial charge in [-0.2, -0.15) is 0 Å². The molecule has 0 spiro atoms. The number of ether oxygens (including phenoxy) is 1. The van der Waals surface area contributed by atoms with E-state index in [9.17, 15) is 19.5 Å². The molecule has 7 nitrogen and oxygen atoms in total. The summed E-state index contributed by atoms with van der Waals surface area (Å²) in [4.78, 5) is 38.0. The van der Waals surface area contributed by atoms with E-state index in [4.69, 9.17) is 10.5 Å². The van der Waals surface area contributed by atoms with E-state index in [-0.39, 0.29) is 31.2 Å². The van der Waals surface area contributed by atoms with Crippen LogP contribution >= 0.6 is 0 Å². The Morgan fingerprint density at radius 3 is 2.70 bits per heavy atom. The van der Waals surface area contributed by atoms with Crippen LogP contribution in [-0.2, 0) is 25.5 Å². The van der Waals surface area contributed by atoms with E-state index in [1.54, 1.807) is 24.3 Å². The lowest BCUT2D eigenvalue weighted by Crippen LogP contribution is -2.63. The SMILES string of the molecule is NC(=O)C12C(=O)COC1CCN2C(=O)CCc1ccc(O)cc1. The Morgan fingerprint density at radius 2 is 2.04 bits per heavy atom. The zero-order valence-electron chi connectivity index (χ0n) is 12.5. The molecule has 0 radical (unpaired) electrons. The van der Waals surface area contributed by atoms with E-state index in [1.807, 2.05) is 0 Å². The van der Waals surface area contributed by atoms with Crippen LogP contribution in [0.4, 0.5) is 0 Å². The monoisotopic (exact) mass is 318 g/mol. The van der Waals surface area contributed by atoms with Crippen LogP contribution in [0.5, 0.6) is 5.75 Å². The summed E-state index contributed by atoms with van der Waals surface area (Å²) >= 11 is 0. The second kappa shape index (κ2) is 5.66. The van der Waals surface area contributed by atoms with Gasteiger partial charge in [0.15, 0.2) is 5.78 Å². The van der Waals surface area contributed by atoms with Gasteiger partial charge in [-0.3, -0.25) is 14.4 Å². The zero-order valence-corrected chi connectivity index (χ0v) is 12.5. The second-order valence-electron chi connectivity index (χ2n) is 5.85. The van der Waals surface area contributed by atoms with Gasteiger partial charge < -0.3 is 20.5 Å². The van der Waals surface area contributed by atoms with Crippen molar-refractivity contribution in [3.63, 3.8) is 0 Å². The molecule has 122 valence electrons. The maximum atomic E-state index is 12.5. The van der Waals surface area contributed by atoms with Crippen molar-refractivity contribution < 1.29 is 24.2 Å². The van der Waals surface area contributed by atoms with Crippen molar-refractivity contribution in [3.8, 4) is 5.75 Å². The largest absolute Gasteiger partial charge is 0.508 e. The molecule has 23 heavy (non-hydrogen) atoms. The maximum absolute atomic E-state index is 12.5. The summed E-state index contributed by atoms with van der Waals surface area (Å²) < 4.78 is 5.34. The van der Waals surface area contributed by atoms with E-state index in [0.29, 0.717) is 12.8 Å². The number of phenolic OH excluding ortho intramolecular Hbond substituents is 1. The second-order valence-corrected chi connectivity index (χ2v) is 5.85. The number of nitrogens with zero attached hydrogens (tertiary/aromatic N) is 1. The summed E-state index contributed by atoms with van der Waals surface area (Å²) in [5.74, 6) is -1.40. The van der Waals surface area contributed by atoms with Gasteiger partial charge in [-0.15, -0.1) is 0 Å². The third-order valence-corrected chi connectivity index (χ3v) is 4.59. The Kier molecular flexibility index (Phi) is 3.81. The number of fused-ring (bicyclic) bond motifs is 1. The van der Waals surface area contributed by atoms with Gasteiger partial charge in [-0.1, -0.05) is 12.1 Å². The Morgan fingerprint density at radius 1 is 1.35 bits per heavy atom. The zero-order chi connectivity index (χ0) is 16.6. The third kappa shape index (κ3) is 2.37. The van der Waals surface area contributed by atoms with E-state index >= 15 is 0 Å². The Bertz CT molecular complexity index is 657. The lowest BCUT2D eigenvalue weighted by molar-refractivity contribution is -0.150. The van der Waals surface area contributed by atoms with Gasteiger partial charge in [0.2, 0.25) is 11.4 Å². The topological polar surface area (TPSA) is 110 Å².